The van der Waals surface area contributed by atoms with E-state index in [2.05, 4.69) is 53.4 Å². The second-order valence-corrected chi connectivity index (χ2v) is 7.31. The highest BCUT2D eigenvalue weighted by Gasteiger charge is 2.22. The van der Waals surface area contributed by atoms with Crippen LogP contribution in [0.2, 0.25) is 0 Å². The molecule has 4 heteroatoms. The molecule has 1 heterocycles. The van der Waals surface area contributed by atoms with Gasteiger partial charge in [-0.3, -0.25) is 4.79 Å². The minimum Gasteiger partial charge on any atom is -0.493 e. The van der Waals surface area contributed by atoms with E-state index in [4.69, 9.17) is 10.5 Å². The summed E-state index contributed by atoms with van der Waals surface area (Å²) in [4.78, 5) is 13.6. The number of benzene rings is 2. The van der Waals surface area contributed by atoms with Crippen molar-refractivity contribution in [1.29, 1.82) is 0 Å². The molecule has 1 amide bonds. The number of aryl methyl sites for hydroxylation is 2. The lowest BCUT2D eigenvalue weighted by atomic mass is 9.96. The number of hydrogen-bond acceptors (Lipinski definition) is 3. The number of amides is 1. The molecule has 0 atom stereocenters. The van der Waals surface area contributed by atoms with E-state index in [1.165, 1.54) is 11.1 Å². The Hall–Kier alpha value is -2.33. The van der Waals surface area contributed by atoms with Gasteiger partial charge < -0.3 is 15.4 Å². The number of piperidine rings is 1. The largest absolute Gasteiger partial charge is 0.493 e. The molecule has 2 aromatic carbocycles. The lowest BCUT2D eigenvalue weighted by molar-refractivity contribution is -0.123. The van der Waals surface area contributed by atoms with Crippen LogP contribution < -0.4 is 10.5 Å². The van der Waals surface area contributed by atoms with Crippen LogP contribution in [0.3, 0.4) is 0 Å². The van der Waals surface area contributed by atoms with Crippen molar-refractivity contribution in [2.45, 2.75) is 32.1 Å². The van der Waals surface area contributed by atoms with Crippen LogP contribution in [0.5, 0.6) is 5.75 Å². The fourth-order valence-corrected chi connectivity index (χ4v) is 3.69. The number of para-hydroxylation sites is 1. The molecule has 144 valence electrons. The van der Waals surface area contributed by atoms with E-state index in [0.29, 0.717) is 0 Å². The molecule has 4 nitrogen and oxygen atoms in total. The minimum atomic E-state index is -0.148. The molecule has 0 unspecified atom stereocenters. The quantitative estimate of drug-likeness (QED) is 0.692. The van der Waals surface area contributed by atoms with Crippen molar-refractivity contribution in [2.24, 2.45) is 11.7 Å². The SMILES string of the molecule is NC(=O)C1CCN(CCCOc2ccccc2CCc2ccccc2)CC1. The van der Waals surface area contributed by atoms with Crippen molar-refractivity contribution < 1.29 is 9.53 Å². The minimum absolute atomic E-state index is 0.0639. The van der Waals surface area contributed by atoms with Gasteiger partial charge in [0.15, 0.2) is 0 Å². The number of rotatable bonds is 9. The summed E-state index contributed by atoms with van der Waals surface area (Å²) >= 11 is 0. The van der Waals surface area contributed by atoms with Gasteiger partial charge >= 0.3 is 0 Å². The van der Waals surface area contributed by atoms with Crippen molar-refractivity contribution >= 4 is 5.91 Å². The number of hydrogen-bond donors (Lipinski definition) is 1. The van der Waals surface area contributed by atoms with E-state index in [9.17, 15) is 4.79 Å². The molecular weight excluding hydrogens is 336 g/mol. The molecule has 0 radical (unpaired) electrons. The zero-order valence-corrected chi connectivity index (χ0v) is 16.0. The van der Waals surface area contributed by atoms with E-state index in [0.717, 1.165) is 64.1 Å². The van der Waals surface area contributed by atoms with Crippen molar-refractivity contribution in [3.05, 3.63) is 65.7 Å². The van der Waals surface area contributed by atoms with Gasteiger partial charge in [-0.1, -0.05) is 48.5 Å². The van der Waals surface area contributed by atoms with Crippen LogP contribution in [0.25, 0.3) is 0 Å². The Morgan fingerprint density at radius 1 is 1.00 bits per heavy atom. The number of carbonyl (C=O) groups is 1. The fraction of sp³-hybridized carbons (Fsp3) is 0.435. The van der Waals surface area contributed by atoms with E-state index in [1.807, 2.05) is 6.07 Å². The second-order valence-electron chi connectivity index (χ2n) is 7.31. The molecule has 27 heavy (non-hydrogen) atoms. The van der Waals surface area contributed by atoms with Gasteiger partial charge in [-0.15, -0.1) is 0 Å². The Morgan fingerprint density at radius 3 is 2.44 bits per heavy atom. The number of primary amides is 1. The first-order chi connectivity index (χ1) is 13.2. The smallest absolute Gasteiger partial charge is 0.220 e. The topological polar surface area (TPSA) is 55.6 Å². The number of likely N-dealkylation sites (tertiary alicyclic amines) is 1. The summed E-state index contributed by atoms with van der Waals surface area (Å²) in [6.45, 7) is 3.65. The normalized spacial score (nSPS) is 15.6. The lowest BCUT2D eigenvalue weighted by Gasteiger charge is -2.30. The molecule has 2 aromatic rings. The third kappa shape index (κ3) is 6.10. The zero-order chi connectivity index (χ0) is 18.9. The summed E-state index contributed by atoms with van der Waals surface area (Å²) in [5.41, 5.74) is 8.02. The summed E-state index contributed by atoms with van der Waals surface area (Å²) in [5.74, 6) is 0.917. The number of nitrogens with zero attached hydrogens (tertiary/aromatic N) is 1. The third-order valence-corrected chi connectivity index (χ3v) is 5.36. The van der Waals surface area contributed by atoms with Crippen molar-refractivity contribution in [1.82, 2.24) is 4.90 Å². The highest BCUT2D eigenvalue weighted by molar-refractivity contribution is 5.76. The van der Waals surface area contributed by atoms with Gasteiger partial charge in [-0.05, 0) is 62.4 Å². The summed E-state index contributed by atoms with van der Waals surface area (Å²) in [7, 11) is 0. The summed E-state index contributed by atoms with van der Waals surface area (Å²) in [6, 6.07) is 18.9. The van der Waals surface area contributed by atoms with Crippen LogP contribution in [0, 0.1) is 5.92 Å². The first-order valence-electron chi connectivity index (χ1n) is 9.98. The molecule has 2 N–H and O–H groups in total. The van der Waals surface area contributed by atoms with Crippen LogP contribution in [0.4, 0.5) is 0 Å². The van der Waals surface area contributed by atoms with Crippen LogP contribution in [0.1, 0.15) is 30.4 Å². The lowest BCUT2D eigenvalue weighted by Crippen LogP contribution is -2.39. The first-order valence-corrected chi connectivity index (χ1v) is 9.98. The van der Waals surface area contributed by atoms with E-state index in [-0.39, 0.29) is 11.8 Å². The van der Waals surface area contributed by atoms with Gasteiger partial charge in [0.25, 0.3) is 0 Å². The summed E-state index contributed by atoms with van der Waals surface area (Å²) < 4.78 is 6.08. The molecule has 0 aromatic heterocycles. The van der Waals surface area contributed by atoms with Gasteiger partial charge in [0.1, 0.15) is 5.75 Å². The predicted octanol–water partition coefficient (Wildman–Crippen LogP) is 3.44. The van der Waals surface area contributed by atoms with Crippen molar-refractivity contribution in [3.8, 4) is 5.75 Å². The monoisotopic (exact) mass is 366 g/mol. The third-order valence-electron chi connectivity index (χ3n) is 5.36. The van der Waals surface area contributed by atoms with Gasteiger partial charge in [0, 0.05) is 12.5 Å². The van der Waals surface area contributed by atoms with Crippen molar-refractivity contribution in [3.63, 3.8) is 0 Å². The van der Waals surface area contributed by atoms with Gasteiger partial charge in [-0.2, -0.15) is 0 Å². The first kappa shape index (κ1) is 19.4. The van der Waals surface area contributed by atoms with Crippen LogP contribution >= 0.6 is 0 Å². The Morgan fingerprint density at radius 2 is 1.70 bits per heavy atom. The second kappa shape index (κ2) is 10.1. The van der Waals surface area contributed by atoms with Gasteiger partial charge in [0.05, 0.1) is 6.61 Å². The molecule has 0 spiro atoms. The maximum atomic E-state index is 11.2. The highest BCUT2D eigenvalue weighted by atomic mass is 16.5. The summed E-state index contributed by atoms with van der Waals surface area (Å²) in [6.07, 6.45) is 4.78. The van der Waals surface area contributed by atoms with E-state index < -0.39 is 0 Å². The molecule has 1 saturated heterocycles. The Bertz CT molecular complexity index is 709. The highest BCUT2D eigenvalue weighted by Crippen LogP contribution is 2.21. The maximum Gasteiger partial charge on any atom is 0.220 e. The van der Waals surface area contributed by atoms with Gasteiger partial charge in [0.2, 0.25) is 5.91 Å². The fourth-order valence-electron chi connectivity index (χ4n) is 3.69. The number of nitrogens with two attached hydrogens (primary N) is 1. The van der Waals surface area contributed by atoms with Crippen LogP contribution in [-0.4, -0.2) is 37.0 Å². The van der Waals surface area contributed by atoms with Crippen LogP contribution in [-0.2, 0) is 17.6 Å². The molecule has 1 aliphatic rings. The van der Waals surface area contributed by atoms with E-state index in [1.54, 1.807) is 0 Å². The van der Waals surface area contributed by atoms with E-state index >= 15 is 0 Å². The van der Waals surface area contributed by atoms with Crippen LogP contribution in [0.15, 0.2) is 54.6 Å². The average Bonchev–Trinajstić information content (AvgIpc) is 2.71. The predicted molar refractivity (Wildman–Crippen MR) is 109 cm³/mol. The molecule has 0 aliphatic carbocycles. The molecule has 0 bridgehead atoms. The molecule has 1 aliphatic heterocycles. The molecule has 3 rings (SSSR count). The number of ether oxygens (including phenoxy) is 1. The molecular formula is C23H30N2O2. The molecule has 1 fully saturated rings. The average molecular weight is 367 g/mol. The zero-order valence-electron chi connectivity index (χ0n) is 16.0. The van der Waals surface area contributed by atoms with Gasteiger partial charge in [-0.25, -0.2) is 0 Å². The number of carbonyl (C=O) groups excluding carboxylic acids is 1. The summed E-state index contributed by atoms with van der Waals surface area (Å²) in [5, 5.41) is 0. The van der Waals surface area contributed by atoms with Crippen molar-refractivity contribution in [2.75, 3.05) is 26.2 Å². The molecule has 0 saturated carbocycles. The Labute approximate surface area is 162 Å². The Balaban J connectivity index is 1.40. The Kier molecular flexibility index (Phi) is 7.28. The standard InChI is InChI=1S/C23H30N2O2/c24-23(26)21-13-16-25(17-14-21)15-6-18-27-22-10-5-4-9-20(22)12-11-19-7-2-1-3-8-19/h1-5,7-10,21H,6,11-18H2,(H2,24,26). The maximum absolute atomic E-state index is 11.2.